The maximum Gasteiger partial charge on any atom is 0.200 e. The number of unbranched alkanes of at least 4 members (excludes halogenated alkanes) is 12. The van der Waals surface area contributed by atoms with Crippen molar-refractivity contribution in [2.45, 2.75) is 117 Å². The average molecular weight is 369 g/mol. The van der Waals surface area contributed by atoms with Gasteiger partial charge in [-0.2, -0.15) is 0 Å². The van der Waals surface area contributed by atoms with Gasteiger partial charge in [0.25, 0.3) is 0 Å². The average Bonchev–Trinajstić information content (AvgIpc) is 3.01. The number of ether oxygens (including phenoxy) is 1. The first-order valence-electron chi connectivity index (χ1n) is 11.4. The van der Waals surface area contributed by atoms with Crippen LogP contribution in [0.25, 0.3) is 0 Å². The Morgan fingerprint density at radius 1 is 0.885 bits per heavy atom. The van der Waals surface area contributed by atoms with Crippen molar-refractivity contribution in [1.82, 2.24) is 0 Å². The maximum atomic E-state index is 13.0. The molecule has 1 aliphatic rings. The van der Waals surface area contributed by atoms with Crippen LogP contribution in [0.4, 0.5) is 0 Å². The van der Waals surface area contributed by atoms with Gasteiger partial charge >= 0.3 is 0 Å². The summed E-state index contributed by atoms with van der Waals surface area (Å²) in [6, 6.07) is 0. The van der Waals surface area contributed by atoms with Crippen LogP contribution in [-0.2, 0) is 4.74 Å². The third-order valence-electron chi connectivity index (χ3n) is 5.66. The Hall–Kier alpha value is -0.450. The van der Waals surface area contributed by atoms with Gasteiger partial charge in [0.15, 0.2) is 6.23 Å². The van der Waals surface area contributed by atoms with E-state index in [1.807, 2.05) is 13.8 Å². The maximum absolute atomic E-state index is 13.0. The molecule has 26 heavy (non-hydrogen) atoms. The van der Waals surface area contributed by atoms with Gasteiger partial charge in [0.1, 0.15) is 6.54 Å². The van der Waals surface area contributed by atoms with Gasteiger partial charge in [0.05, 0.1) is 13.2 Å². The number of hydrogen-bond donors (Lipinski definition) is 0. The standard InChI is InChI=1S/C22H44N2O2/c1-4-6-7-8-9-10-11-12-13-14-15-16-17-18-22-23-19-20-24(22,25)21(3)26-5-2/h21H,4-20H2,1-3H3. The van der Waals surface area contributed by atoms with E-state index in [0.29, 0.717) is 19.7 Å². The monoisotopic (exact) mass is 368 g/mol. The fourth-order valence-corrected chi connectivity index (χ4v) is 3.90. The molecule has 1 heterocycles. The molecule has 4 nitrogen and oxygen atoms in total. The first-order chi connectivity index (χ1) is 12.6. The summed E-state index contributed by atoms with van der Waals surface area (Å²) in [6.07, 6.45) is 18.1. The smallest absolute Gasteiger partial charge is 0.200 e. The van der Waals surface area contributed by atoms with Crippen molar-refractivity contribution in [1.29, 1.82) is 0 Å². The minimum absolute atomic E-state index is 0.316. The number of aliphatic imine (C=N–C) groups is 1. The second-order valence-corrected chi connectivity index (χ2v) is 7.86. The van der Waals surface area contributed by atoms with Crippen molar-refractivity contribution in [3.63, 3.8) is 0 Å². The summed E-state index contributed by atoms with van der Waals surface area (Å²) in [5.74, 6) is 0.814. The van der Waals surface area contributed by atoms with Crippen molar-refractivity contribution in [3.8, 4) is 0 Å². The van der Waals surface area contributed by atoms with Gasteiger partial charge in [-0.05, 0) is 13.3 Å². The molecule has 0 fully saturated rings. The van der Waals surface area contributed by atoms with E-state index in [1.54, 1.807) is 0 Å². The van der Waals surface area contributed by atoms with Crippen LogP contribution in [0.2, 0.25) is 0 Å². The highest BCUT2D eigenvalue weighted by atomic mass is 16.6. The molecule has 0 saturated heterocycles. The Balaban J connectivity index is 1.97. The Kier molecular flexibility index (Phi) is 13.2. The number of rotatable bonds is 17. The fraction of sp³-hybridized carbons (Fsp3) is 0.955. The predicted molar refractivity (Wildman–Crippen MR) is 112 cm³/mol. The summed E-state index contributed by atoms with van der Waals surface area (Å²) in [7, 11) is 0. The van der Waals surface area contributed by atoms with E-state index < -0.39 is 0 Å². The molecule has 0 aromatic carbocycles. The van der Waals surface area contributed by atoms with Gasteiger partial charge in [-0.1, -0.05) is 84.0 Å². The molecule has 1 rings (SSSR count). The molecular weight excluding hydrogens is 324 g/mol. The van der Waals surface area contributed by atoms with Crippen LogP contribution in [0, 0.1) is 5.21 Å². The van der Waals surface area contributed by atoms with Crippen molar-refractivity contribution in [2.24, 2.45) is 4.99 Å². The van der Waals surface area contributed by atoms with Gasteiger partial charge < -0.3 is 9.94 Å². The van der Waals surface area contributed by atoms with Crippen molar-refractivity contribution >= 4 is 5.84 Å². The number of amidine groups is 1. The van der Waals surface area contributed by atoms with Gasteiger partial charge in [0, 0.05) is 13.3 Å². The van der Waals surface area contributed by atoms with Crippen LogP contribution < -0.4 is 0 Å². The van der Waals surface area contributed by atoms with Crippen molar-refractivity contribution in [3.05, 3.63) is 5.21 Å². The highest BCUT2D eigenvalue weighted by Gasteiger charge is 2.35. The molecule has 0 saturated carbocycles. The number of hydrogen-bond acceptors (Lipinski definition) is 3. The first kappa shape index (κ1) is 23.6. The normalized spacial score (nSPS) is 21.2. The Morgan fingerprint density at radius 2 is 1.38 bits per heavy atom. The molecule has 0 amide bonds. The molecule has 154 valence electrons. The van der Waals surface area contributed by atoms with E-state index in [0.717, 1.165) is 18.7 Å². The van der Waals surface area contributed by atoms with Gasteiger partial charge in [-0.3, -0.25) is 4.65 Å². The van der Waals surface area contributed by atoms with Crippen LogP contribution in [0.5, 0.6) is 0 Å². The zero-order chi connectivity index (χ0) is 19.1. The summed E-state index contributed by atoms with van der Waals surface area (Å²) in [5, 5.41) is 13.0. The zero-order valence-electron chi connectivity index (χ0n) is 17.8. The molecule has 0 spiro atoms. The lowest BCUT2D eigenvalue weighted by atomic mass is 10.0. The van der Waals surface area contributed by atoms with E-state index in [-0.39, 0.29) is 10.9 Å². The summed E-state index contributed by atoms with van der Waals surface area (Å²) >= 11 is 0. The minimum atomic E-state index is -0.341. The lowest BCUT2D eigenvalue weighted by Crippen LogP contribution is -2.53. The number of quaternary nitrogens is 1. The fourth-order valence-electron chi connectivity index (χ4n) is 3.90. The molecule has 1 aliphatic heterocycles. The van der Waals surface area contributed by atoms with E-state index >= 15 is 0 Å². The molecule has 2 unspecified atom stereocenters. The molecule has 0 N–H and O–H groups in total. The second-order valence-electron chi connectivity index (χ2n) is 7.86. The number of hydroxylamine groups is 3. The highest BCUT2D eigenvalue weighted by molar-refractivity contribution is 5.77. The van der Waals surface area contributed by atoms with Crippen LogP contribution in [0.3, 0.4) is 0 Å². The van der Waals surface area contributed by atoms with Gasteiger partial charge in [-0.25, -0.2) is 4.99 Å². The molecule has 0 aromatic rings. The largest absolute Gasteiger partial charge is 0.624 e. The van der Waals surface area contributed by atoms with Gasteiger partial charge in [0.2, 0.25) is 5.84 Å². The first-order valence-corrected chi connectivity index (χ1v) is 11.4. The molecule has 4 heteroatoms. The number of nitrogens with zero attached hydrogens (tertiary/aromatic N) is 2. The molecule has 0 bridgehead atoms. The summed E-state index contributed by atoms with van der Waals surface area (Å²) in [4.78, 5) is 4.48. The molecule has 2 atom stereocenters. The Morgan fingerprint density at radius 3 is 1.88 bits per heavy atom. The molecule has 0 aliphatic carbocycles. The zero-order valence-corrected chi connectivity index (χ0v) is 17.8. The third kappa shape index (κ3) is 8.96. The van der Waals surface area contributed by atoms with Crippen LogP contribution in [-0.4, -0.2) is 36.4 Å². The van der Waals surface area contributed by atoms with E-state index in [4.69, 9.17) is 4.74 Å². The van der Waals surface area contributed by atoms with Crippen LogP contribution >= 0.6 is 0 Å². The van der Waals surface area contributed by atoms with E-state index in [1.165, 1.54) is 77.0 Å². The third-order valence-corrected chi connectivity index (χ3v) is 5.66. The van der Waals surface area contributed by atoms with E-state index in [9.17, 15) is 5.21 Å². The molecule has 0 aromatic heterocycles. The highest BCUT2D eigenvalue weighted by Crippen LogP contribution is 2.23. The van der Waals surface area contributed by atoms with Crippen LogP contribution in [0.15, 0.2) is 4.99 Å². The second kappa shape index (κ2) is 14.6. The predicted octanol–water partition coefficient (Wildman–Crippen LogP) is 6.58. The summed E-state index contributed by atoms with van der Waals surface area (Å²) < 4.78 is 5.22. The molecule has 0 radical (unpaired) electrons. The molecular formula is C22H44N2O2. The quantitative estimate of drug-likeness (QED) is 0.165. The summed E-state index contributed by atoms with van der Waals surface area (Å²) in [6.45, 7) is 7.92. The SMILES string of the molecule is CCCCCCCCCCCCCCCC1=NCC[N+]1([O-])C(C)OCC. The van der Waals surface area contributed by atoms with Gasteiger partial charge in [-0.15, -0.1) is 0 Å². The van der Waals surface area contributed by atoms with Crippen molar-refractivity contribution < 1.29 is 9.38 Å². The lowest BCUT2D eigenvalue weighted by molar-refractivity contribution is -0.837. The Bertz CT molecular complexity index is 373. The minimum Gasteiger partial charge on any atom is -0.624 e. The summed E-state index contributed by atoms with van der Waals surface area (Å²) in [5.41, 5.74) is 0. The van der Waals surface area contributed by atoms with Crippen LogP contribution in [0.1, 0.15) is 111 Å². The topological polar surface area (TPSA) is 44.7 Å². The lowest BCUT2D eigenvalue weighted by Gasteiger charge is -2.43. The Labute approximate surface area is 162 Å². The van der Waals surface area contributed by atoms with E-state index in [2.05, 4.69) is 11.9 Å². The van der Waals surface area contributed by atoms with Crippen molar-refractivity contribution in [2.75, 3.05) is 19.7 Å².